The van der Waals surface area contributed by atoms with Gasteiger partial charge in [-0.25, -0.2) is 8.78 Å². The maximum atomic E-state index is 13.6. The number of alkyl halides is 2. The van der Waals surface area contributed by atoms with Gasteiger partial charge in [-0.05, 0) is 26.2 Å². The zero-order valence-electron chi connectivity index (χ0n) is 9.00. The molecule has 2 N–H and O–H groups in total. The fourth-order valence-corrected chi connectivity index (χ4v) is 1.24. The lowest BCUT2D eigenvalue weighted by Gasteiger charge is -2.19. The first-order chi connectivity index (χ1) is 6.92. The number of halogens is 2. The lowest BCUT2D eigenvalue weighted by molar-refractivity contribution is -0.0187. The number of benzene rings is 1. The van der Waals surface area contributed by atoms with Gasteiger partial charge >= 0.3 is 0 Å². The van der Waals surface area contributed by atoms with Gasteiger partial charge in [0.25, 0.3) is 5.92 Å². The molecule has 0 aliphatic rings. The number of hydrogen-bond donors (Lipinski definition) is 1. The molecule has 1 aromatic carbocycles. The third-order valence-electron chi connectivity index (χ3n) is 2.21. The highest BCUT2D eigenvalue weighted by Crippen LogP contribution is 2.31. The molecule has 0 saturated heterocycles. The van der Waals surface area contributed by atoms with Crippen LogP contribution < -0.4 is 5.73 Å². The summed E-state index contributed by atoms with van der Waals surface area (Å²) < 4.78 is 27.2. The summed E-state index contributed by atoms with van der Waals surface area (Å²) in [6.45, 7) is 0.359. The number of rotatable bonds is 4. The molecule has 0 heterocycles. The van der Waals surface area contributed by atoms with Crippen molar-refractivity contribution in [3.63, 3.8) is 0 Å². The molecule has 0 bridgehead atoms. The van der Waals surface area contributed by atoms with Gasteiger partial charge in [0.05, 0.1) is 0 Å². The van der Waals surface area contributed by atoms with Crippen molar-refractivity contribution in [2.75, 3.05) is 26.4 Å². The average Bonchev–Trinajstić information content (AvgIpc) is 2.16. The van der Waals surface area contributed by atoms with E-state index in [0.717, 1.165) is 0 Å². The molecule has 0 saturated carbocycles. The summed E-state index contributed by atoms with van der Waals surface area (Å²) in [4.78, 5) is 1.74. The Morgan fingerprint density at radius 1 is 1.20 bits per heavy atom. The molecule has 84 valence electrons. The highest BCUT2D eigenvalue weighted by atomic mass is 19.3. The highest BCUT2D eigenvalue weighted by Gasteiger charge is 2.30. The summed E-state index contributed by atoms with van der Waals surface area (Å²) in [7, 11) is 3.55. The monoisotopic (exact) mass is 214 g/mol. The van der Waals surface area contributed by atoms with Crippen LogP contribution in [0, 0.1) is 0 Å². The molecular formula is C11H16F2N2. The van der Waals surface area contributed by atoms with Gasteiger partial charge in [0.2, 0.25) is 0 Å². The first-order valence-electron chi connectivity index (χ1n) is 4.80. The zero-order chi connectivity index (χ0) is 11.5. The quantitative estimate of drug-likeness (QED) is 0.779. The molecule has 0 radical (unpaired) electrons. The normalized spacial score (nSPS) is 12.1. The van der Waals surface area contributed by atoms with Crippen LogP contribution in [-0.4, -0.2) is 25.5 Å². The van der Waals surface area contributed by atoms with E-state index in [-0.39, 0.29) is 12.0 Å². The van der Waals surface area contributed by atoms with E-state index in [2.05, 4.69) is 0 Å². The summed E-state index contributed by atoms with van der Waals surface area (Å²) in [5.41, 5.74) is 5.97. The van der Waals surface area contributed by atoms with E-state index >= 15 is 0 Å². The SMILES string of the molecule is CN(C)CCC(F)(F)c1ccc(N)cc1. The van der Waals surface area contributed by atoms with E-state index in [9.17, 15) is 8.78 Å². The third-order valence-corrected chi connectivity index (χ3v) is 2.21. The van der Waals surface area contributed by atoms with Gasteiger partial charge in [-0.15, -0.1) is 0 Å². The topological polar surface area (TPSA) is 29.3 Å². The first-order valence-corrected chi connectivity index (χ1v) is 4.80. The molecule has 0 amide bonds. The molecule has 0 aliphatic heterocycles. The Labute approximate surface area is 88.7 Å². The standard InChI is InChI=1S/C11H16F2N2/c1-15(2)8-7-11(12,13)9-3-5-10(14)6-4-9/h3-6H,7-8,14H2,1-2H3. The molecule has 0 fully saturated rings. The Kier molecular flexibility index (Phi) is 3.63. The minimum absolute atomic E-state index is 0.0264. The number of hydrogen-bond acceptors (Lipinski definition) is 2. The Morgan fingerprint density at radius 3 is 2.20 bits per heavy atom. The van der Waals surface area contributed by atoms with E-state index in [1.807, 2.05) is 0 Å². The number of nitrogens with zero attached hydrogens (tertiary/aromatic N) is 1. The highest BCUT2D eigenvalue weighted by molar-refractivity contribution is 5.40. The molecule has 2 nitrogen and oxygen atoms in total. The molecule has 1 rings (SSSR count). The van der Waals surface area contributed by atoms with Gasteiger partial charge in [-0.2, -0.15) is 0 Å². The Balaban J connectivity index is 2.72. The van der Waals surface area contributed by atoms with E-state index in [4.69, 9.17) is 5.73 Å². The van der Waals surface area contributed by atoms with Crippen molar-refractivity contribution in [1.29, 1.82) is 0 Å². The smallest absolute Gasteiger partial charge is 0.274 e. The summed E-state index contributed by atoms with van der Waals surface area (Å²) in [5.74, 6) is -2.78. The minimum Gasteiger partial charge on any atom is -0.399 e. The van der Waals surface area contributed by atoms with E-state index in [0.29, 0.717) is 12.2 Å². The largest absolute Gasteiger partial charge is 0.399 e. The van der Waals surface area contributed by atoms with Gasteiger partial charge in [-0.1, -0.05) is 12.1 Å². The summed E-state index contributed by atoms with van der Waals surface area (Å²) in [6.07, 6.45) is -0.177. The molecule has 0 unspecified atom stereocenters. The van der Waals surface area contributed by atoms with E-state index in [1.165, 1.54) is 24.3 Å². The van der Waals surface area contributed by atoms with Gasteiger partial charge < -0.3 is 10.6 Å². The van der Waals surface area contributed by atoms with Crippen LogP contribution in [-0.2, 0) is 5.92 Å². The molecule has 1 aromatic rings. The average molecular weight is 214 g/mol. The van der Waals surface area contributed by atoms with Crippen LogP contribution in [0.1, 0.15) is 12.0 Å². The van der Waals surface area contributed by atoms with Crippen LogP contribution in [0.2, 0.25) is 0 Å². The van der Waals surface area contributed by atoms with Crippen LogP contribution in [0.15, 0.2) is 24.3 Å². The lowest BCUT2D eigenvalue weighted by Crippen LogP contribution is -2.22. The second kappa shape index (κ2) is 4.57. The molecule has 0 spiro atoms. The van der Waals surface area contributed by atoms with E-state index in [1.54, 1.807) is 19.0 Å². The van der Waals surface area contributed by atoms with Crippen LogP contribution >= 0.6 is 0 Å². The second-order valence-corrected chi connectivity index (χ2v) is 3.88. The number of anilines is 1. The number of nitrogen functional groups attached to an aromatic ring is 1. The fraction of sp³-hybridized carbons (Fsp3) is 0.455. The Morgan fingerprint density at radius 2 is 1.73 bits per heavy atom. The Bertz CT molecular complexity index is 307. The van der Waals surface area contributed by atoms with Crippen molar-refractivity contribution in [3.8, 4) is 0 Å². The van der Waals surface area contributed by atoms with Crippen LogP contribution in [0.5, 0.6) is 0 Å². The fourth-order valence-electron chi connectivity index (χ4n) is 1.24. The summed E-state index contributed by atoms with van der Waals surface area (Å²) in [5, 5.41) is 0. The molecule has 0 aliphatic carbocycles. The predicted octanol–water partition coefficient (Wildman–Crippen LogP) is 2.31. The van der Waals surface area contributed by atoms with Crippen molar-refractivity contribution in [1.82, 2.24) is 4.90 Å². The van der Waals surface area contributed by atoms with Crippen molar-refractivity contribution >= 4 is 5.69 Å². The van der Waals surface area contributed by atoms with Crippen molar-refractivity contribution in [2.24, 2.45) is 0 Å². The molecule has 0 aromatic heterocycles. The minimum atomic E-state index is -2.78. The van der Waals surface area contributed by atoms with Gasteiger partial charge in [0.1, 0.15) is 0 Å². The Hall–Kier alpha value is -1.16. The zero-order valence-corrected chi connectivity index (χ0v) is 9.00. The lowest BCUT2D eigenvalue weighted by atomic mass is 10.1. The van der Waals surface area contributed by atoms with Crippen LogP contribution in [0.25, 0.3) is 0 Å². The second-order valence-electron chi connectivity index (χ2n) is 3.88. The van der Waals surface area contributed by atoms with Crippen molar-refractivity contribution in [2.45, 2.75) is 12.3 Å². The first kappa shape index (κ1) is 11.9. The van der Waals surface area contributed by atoms with Crippen molar-refractivity contribution < 1.29 is 8.78 Å². The van der Waals surface area contributed by atoms with Crippen LogP contribution in [0.3, 0.4) is 0 Å². The predicted molar refractivity (Wildman–Crippen MR) is 57.9 cm³/mol. The third kappa shape index (κ3) is 3.47. The molecule has 4 heteroatoms. The van der Waals surface area contributed by atoms with E-state index < -0.39 is 5.92 Å². The molecule has 0 atom stereocenters. The molecular weight excluding hydrogens is 198 g/mol. The van der Waals surface area contributed by atoms with Crippen LogP contribution in [0.4, 0.5) is 14.5 Å². The van der Waals surface area contributed by atoms with Gasteiger partial charge in [-0.3, -0.25) is 0 Å². The van der Waals surface area contributed by atoms with Crippen molar-refractivity contribution in [3.05, 3.63) is 29.8 Å². The maximum Gasteiger partial charge on any atom is 0.274 e. The maximum absolute atomic E-state index is 13.6. The summed E-state index contributed by atoms with van der Waals surface area (Å²) >= 11 is 0. The van der Waals surface area contributed by atoms with Gasteiger partial charge in [0, 0.05) is 24.2 Å². The van der Waals surface area contributed by atoms with Gasteiger partial charge in [0.15, 0.2) is 0 Å². The molecule has 15 heavy (non-hydrogen) atoms. The number of nitrogens with two attached hydrogens (primary N) is 1. The summed E-state index contributed by atoms with van der Waals surface area (Å²) in [6, 6.07) is 5.76.